The van der Waals surface area contributed by atoms with Crippen molar-refractivity contribution >= 4 is 5.91 Å². The zero-order valence-corrected chi connectivity index (χ0v) is 13.4. The molecule has 122 valence electrons. The van der Waals surface area contributed by atoms with Gasteiger partial charge in [-0.05, 0) is 20.3 Å². The fraction of sp³-hybridized carbons (Fsp3) is 0.625. The van der Waals surface area contributed by atoms with Crippen LogP contribution in [0.15, 0.2) is 22.2 Å². The second kappa shape index (κ2) is 8.10. The minimum absolute atomic E-state index is 0.0501. The van der Waals surface area contributed by atoms with Gasteiger partial charge in [0.25, 0.3) is 5.91 Å². The highest BCUT2D eigenvalue weighted by Crippen LogP contribution is 2.13. The van der Waals surface area contributed by atoms with E-state index in [9.17, 15) is 4.79 Å². The quantitative estimate of drug-likeness (QED) is 0.815. The number of rotatable bonds is 6. The molecule has 0 unspecified atom stereocenters. The summed E-state index contributed by atoms with van der Waals surface area (Å²) < 4.78 is 16.4. The molecule has 2 atom stereocenters. The molecular weight excluding hydrogens is 284 g/mol. The molecule has 1 aliphatic heterocycles. The number of nitrogens with zero attached hydrogens (tertiary/aromatic N) is 1. The maximum Gasteiger partial charge on any atom is 0.273 e. The van der Waals surface area contributed by atoms with Gasteiger partial charge in [-0.1, -0.05) is 23.7 Å². The number of carbonyl (C=O) groups is 1. The Morgan fingerprint density at radius 2 is 2.36 bits per heavy atom. The van der Waals surface area contributed by atoms with Crippen molar-refractivity contribution in [2.45, 2.75) is 45.8 Å². The molecule has 1 aromatic rings. The van der Waals surface area contributed by atoms with Gasteiger partial charge < -0.3 is 19.3 Å². The van der Waals surface area contributed by atoms with Crippen LogP contribution in [-0.2, 0) is 15.9 Å². The van der Waals surface area contributed by atoms with Crippen LogP contribution >= 0.6 is 0 Å². The van der Waals surface area contributed by atoms with E-state index < -0.39 is 0 Å². The highest BCUT2D eigenvalue weighted by molar-refractivity contribution is 5.92. The summed E-state index contributed by atoms with van der Waals surface area (Å²) in [6, 6.07) is 1.49. The fourth-order valence-electron chi connectivity index (χ4n) is 2.22. The molecule has 1 N–H and O–H groups in total. The molecule has 0 bridgehead atoms. The van der Waals surface area contributed by atoms with Crippen LogP contribution in [0.3, 0.4) is 0 Å². The molecule has 6 heteroatoms. The summed E-state index contributed by atoms with van der Waals surface area (Å²) >= 11 is 0. The lowest BCUT2D eigenvalue weighted by molar-refractivity contribution is -0.0458. The van der Waals surface area contributed by atoms with Crippen molar-refractivity contribution in [3.63, 3.8) is 0 Å². The van der Waals surface area contributed by atoms with Crippen LogP contribution in [0.1, 0.15) is 43.4 Å². The predicted octanol–water partition coefficient (Wildman–Crippen LogP) is 2.11. The number of hydrogen-bond donors (Lipinski definition) is 1. The molecule has 1 amide bonds. The average molecular weight is 308 g/mol. The Morgan fingerprint density at radius 3 is 3.05 bits per heavy atom. The second-order valence-corrected chi connectivity index (χ2v) is 5.63. The molecule has 0 saturated carbocycles. The van der Waals surface area contributed by atoms with Crippen molar-refractivity contribution in [1.82, 2.24) is 10.5 Å². The van der Waals surface area contributed by atoms with E-state index in [1.54, 1.807) is 6.07 Å². The van der Waals surface area contributed by atoms with Crippen molar-refractivity contribution in [2.75, 3.05) is 19.8 Å². The second-order valence-electron chi connectivity index (χ2n) is 5.63. The Kier molecular flexibility index (Phi) is 6.15. The summed E-state index contributed by atoms with van der Waals surface area (Å²) in [5.41, 5.74) is 1.51. The van der Waals surface area contributed by atoms with Crippen LogP contribution in [0.2, 0.25) is 0 Å². The summed E-state index contributed by atoms with van der Waals surface area (Å²) in [4.78, 5) is 12.2. The Bertz CT molecular complexity index is 520. The smallest absolute Gasteiger partial charge is 0.273 e. The van der Waals surface area contributed by atoms with Crippen LogP contribution in [0, 0.1) is 0 Å². The minimum atomic E-state index is -0.255. The average Bonchev–Trinajstić information content (AvgIpc) is 2.98. The van der Waals surface area contributed by atoms with Gasteiger partial charge in [-0.2, -0.15) is 0 Å². The molecule has 0 radical (unpaired) electrons. The number of hydrogen-bond acceptors (Lipinski definition) is 5. The van der Waals surface area contributed by atoms with E-state index in [-0.39, 0.29) is 18.1 Å². The minimum Gasteiger partial charge on any atom is -0.379 e. The maximum absolute atomic E-state index is 12.2. The van der Waals surface area contributed by atoms with Gasteiger partial charge in [0.1, 0.15) is 5.76 Å². The summed E-state index contributed by atoms with van der Waals surface area (Å²) in [6.45, 7) is 7.65. The van der Waals surface area contributed by atoms with Gasteiger partial charge in [-0.15, -0.1) is 0 Å². The molecule has 0 spiro atoms. The van der Waals surface area contributed by atoms with Gasteiger partial charge in [0.05, 0.1) is 25.4 Å². The van der Waals surface area contributed by atoms with E-state index in [0.29, 0.717) is 37.7 Å². The van der Waals surface area contributed by atoms with Gasteiger partial charge in [-0.25, -0.2) is 0 Å². The van der Waals surface area contributed by atoms with Gasteiger partial charge in [0.2, 0.25) is 0 Å². The van der Waals surface area contributed by atoms with Crippen molar-refractivity contribution in [1.29, 1.82) is 0 Å². The summed E-state index contributed by atoms with van der Waals surface area (Å²) in [6.07, 6.45) is 3.45. The molecular formula is C16H24N2O4. The van der Waals surface area contributed by atoms with Crippen LogP contribution < -0.4 is 5.32 Å². The third kappa shape index (κ3) is 4.68. The number of allylic oxidation sites excluding steroid dienone is 1. The van der Waals surface area contributed by atoms with Gasteiger partial charge in [0, 0.05) is 19.1 Å². The van der Waals surface area contributed by atoms with E-state index >= 15 is 0 Å². The van der Waals surface area contributed by atoms with E-state index in [1.807, 2.05) is 26.8 Å². The third-order valence-corrected chi connectivity index (χ3v) is 3.55. The first kappa shape index (κ1) is 16.7. The summed E-state index contributed by atoms with van der Waals surface area (Å²) in [5, 5.41) is 6.71. The van der Waals surface area contributed by atoms with Crippen molar-refractivity contribution in [3.05, 3.63) is 29.2 Å². The molecule has 2 heterocycles. The zero-order chi connectivity index (χ0) is 15.9. The van der Waals surface area contributed by atoms with Crippen LogP contribution in [-0.4, -0.2) is 43.0 Å². The molecule has 1 fully saturated rings. The molecule has 2 rings (SSSR count). The normalized spacial score (nSPS) is 21.4. The van der Waals surface area contributed by atoms with Crippen LogP contribution in [0.4, 0.5) is 0 Å². The molecule has 1 saturated heterocycles. The standard InChI is InChI=1S/C16H24N2O4/c1-4-12-9-13(18-22-12)16(19)17-14-10-20-7-6-15(14)21-8-5-11(2)3/h5,9,14-15H,4,6-8,10H2,1-3H3,(H,17,19)/t14-,15+/m1/s1. The van der Waals surface area contributed by atoms with E-state index in [0.717, 1.165) is 6.42 Å². The van der Waals surface area contributed by atoms with E-state index in [1.165, 1.54) is 5.57 Å². The number of aryl methyl sites for hydroxylation is 1. The Morgan fingerprint density at radius 1 is 1.55 bits per heavy atom. The predicted molar refractivity (Wildman–Crippen MR) is 81.7 cm³/mol. The topological polar surface area (TPSA) is 73.6 Å². The SMILES string of the molecule is CCc1cc(C(=O)N[C@@H]2COCC[C@@H]2OCC=C(C)C)no1. The summed E-state index contributed by atoms with van der Waals surface area (Å²) in [7, 11) is 0. The first-order valence-electron chi connectivity index (χ1n) is 7.69. The Labute approximate surface area is 130 Å². The number of ether oxygens (including phenoxy) is 2. The lowest BCUT2D eigenvalue weighted by atomic mass is 10.1. The zero-order valence-electron chi connectivity index (χ0n) is 13.4. The molecule has 0 aliphatic carbocycles. The fourth-order valence-corrected chi connectivity index (χ4v) is 2.22. The molecule has 1 aliphatic rings. The van der Waals surface area contributed by atoms with Crippen LogP contribution in [0.5, 0.6) is 0 Å². The first-order chi connectivity index (χ1) is 10.6. The molecule has 0 aromatic carbocycles. The Hall–Kier alpha value is -1.66. The number of aromatic nitrogens is 1. The molecule has 22 heavy (non-hydrogen) atoms. The Balaban J connectivity index is 1.92. The number of amides is 1. The van der Waals surface area contributed by atoms with Gasteiger partial charge in [0.15, 0.2) is 5.69 Å². The highest BCUT2D eigenvalue weighted by Gasteiger charge is 2.28. The first-order valence-corrected chi connectivity index (χ1v) is 7.69. The number of carbonyl (C=O) groups excluding carboxylic acids is 1. The van der Waals surface area contributed by atoms with Crippen molar-refractivity contribution in [3.8, 4) is 0 Å². The third-order valence-electron chi connectivity index (χ3n) is 3.55. The van der Waals surface area contributed by atoms with E-state index in [2.05, 4.69) is 10.5 Å². The van der Waals surface area contributed by atoms with Gasteiger partial charge >= 0.3 is 0 Å². The summed E-state index contributed by atoms with van der Waals surface area (Å²) in [5.74, 6) is 0.441. The van der Waals surface area contributed by atoms with Gasteiger partial charge in [-0.3, -0.25) is 4.79 Å². The molecule has 1 aromatic heterocycles. The van der Waals surface area contributed by atoms with Crippen molar-refractivity contribution < 1.29 is 18.8 Å². The number of nitrogens with one attached hydrogen (secondary N) is 1. The molecule has 6 nitrogen and oxygen atoms in total. The highest BCUT2D eigenvalue weighted by atomic mass is 16.5. The largest absolute Gasteiger partial charge is 0.379 e. The lowest BCUT2D eigenvalue weighted by Crippen LogP contribution is -2.50. The maximum atomic E-state index is 12.2. The lowest BCUT2D eigenvalue weighted by Gasteiger charge is -2.31. The van der Waals surface area contributed by atoms with Crippen molar-refractivity contribution in [2.24, 2.45) is 0 Å². The van der Waals surface area contributed by atoms with Crippen LogP contribution in [0.25, 0.3) is 0 Å². The van der Waals surface area contributed by atoms with E-state index in [4.69, 9.17) is 14.0 Å². The monoisotopic (exact) mass is 308 g/mol.